The van der Waals surface area contributed by atoms with Crippen LogP contribution < -0.4 is 14.8 Å². The number of amides is 1. The Kier molecular flexibility index (Phi) is 7.49. The minimum Gasteiger partial charge on any atom is -0.341 e. The molecule has 1 saturated heterocycles. The number of halogens is 1. The third-order valence-electron chi connectivity index (χ3n) is 6.14. The van der Waals surface area contributed by atoms with Crippen LogP contribution in [0.15, 0.2) is 53.3 Å². The van der Waals surface area contributed by atoms with Crippen LogP contribution in [-0.2, 0) is 11.3 Å². The van der Waals surface area contributed by atoms with E-state index >= 15 is 0 Å². The average molecular weight is 495 g/mol. The Morgan fingerprint density at radius 1 is 1.09 bits per heavy atom. The number of Topliss-reactive ketones (excluding diaryl/α,β-unsaturated/α-hetero) is 1. The molecule has 0 unspecified atom stereocenters. The summed E-state index contributed by atoms with van der Waals surface area (Å²) in [6, 6.07) is 14.6. The zero-order valence-corrected chi connectivity index (χ0v) is 20.9. The molecule has 0 bridgehead atoms. The van der Waals surface area contributed by atoms with Gasteiger partial charge in [0.05, 0.1) is 9.55 Å². The molecule has 1 aromatic heterocycles. The molecule has 3 aromatic rings. The van der Waals surface area contributed by atoms with E-state index in [9.17, 15) is 14.4 Å². The zero-order chi connectivity index (χ0) is 24.2. The number of likely N-dealkylation sites (tertiary alicyclic amines) is 1. The Balaban J connectivity index is 1.76. The first-order chi connectivity index (χ1) is 16.3. The summed E-state index contributed by atoms with van der Waals surface area (Å²) in [5.41, 5.74) is 2.09. The van der Waals surface area contributed by atoms with Crippen molar-refractivity contribution in [3.05, 3.63) is 89.8 Å². The molecule has 7 heteroatoms. The van der Waals surface area contributed by atoms with Crippen LogP contribution in [0.5, 0.6) is 0 Å². The lowest BCUT2D eigenvalue weighted by molar-refractivity contribution is -0.133. The van der Waals surface area contributed by atoms with Crippen molar-refractivity contribution in [1.29, 1.82) is 0 Å². The van der Waals surface area contributed by atoms with Gasteiger partial charge in [-0.3, -0.25) is 19.0 Å². The topological polar surface area (TPSA) is 59.4 Å². The Hall–Kier alpha value is -2.96. The van der Waals surface area contributed by atoms with Crippen molar-refractivity contribution in [2.24, 2.45) is 5.92 Å². The minimum atomic E-state index is -0.304. The molecule has 0 radical (unpaired) electrons. The lowest BCUT2D eigenvalue weighted by atomic mass is 9.99. The molecule has 176 valence electrons. The Morgan fingerprint density at radius 3 is 2.44 bits per heavy atom. The van der Waals surface area contributed by atoms with E-state index in [0.29, 0.717) is 38.8 Å². The van der Waals surface area contributed by atoms with E-state index in [-0.39, 0.29) is 23.8 Å². The number of piperidine rings is 1. The van der Waals surface area contributed by atoms with E-state index in [1.165, 1.54) is 22.0 Å². The number of benzene rings is 2. The van der Waals surface area contributed by atoms with E-state index in [4.69, 9.17) is 11.6 Å². The number of nitrogens with zero attached hydrogens (tertiary/aromatic N) is 2. The van der Waals surface area contributed by atoms with Gasteiger partial charge in [-0.1, -0.05) is 60.5 Å². The van der Waals surface area contributed by atoms with Crippen molar-refractivity contribution in [3.8, 4) is 0 Å². The predicted molar refractivity (Wildman–Crippen MR) is 138 cm³/mol. The molecule has 34 heavy (non-hydrogen) atoms. The van der Waals surface area contributed by atoms with Gasteiger partial charge in [-0.2, -0.15) is 0 Å². The van der Waals surface area contributed by atoms with Crippen LogP contribution in [0.3, 0.4) is 0 Å². The fourth-order valence-electron chi connectivity index (χ4n) is 3.95. The predicted octanol–water partition coefficient (Wildman–Crippen LogP) is 3.62. The van der Waals surface area contributed by atoms with Gasteiger partial charge in [0, 0.05) is 24.7 Å². The maximum atomic E-state index is 13.3. The summed E-state index contributed by atoms with van der Waals surface area (Å²) in [5.74, 6) is 0.191. The molecule has 2 heterocycles. The van der Waals surface area contributed by atoms with E-state index in [2.05, 4.69) is 6.92 Å². The van der Waals surface area contributed by atoms with Crippen molar-refractivity contribution in [3.63, 3.8) is 0 Å². The van der Waals surface area contributed by atoms with Crippen molar-refractivity contribution in [1.82, 2.24) is 9.47 Å². The molecule has 0 aliphatic carbocycles. The third kappa shape index (κ3) is 5.57. The van der Waals surface area contributed by atoms with Gasteiger partial charge in [0.25, 0.3) is 5.56 Å². The molecular formula is C27H27ClN2O3S. The van der Waals surface area contributed by atoms with E-state index in [1.54, 1.807) is 30.3 Å². The normalized spacial score (nSPS) is 15.7. The van der Waals surface area contributed by atoms with Crippen LogP contribution in [0, 0.1) is 12.8 Å². The number of thiazole rings is 1. The van der Waals surface area contributed by atoms with Gasteiger partial charge in [0.2, 0.25) is 5.91 Å². The molecule has 1 aliphatic heterocycles. The van der Waals surface area contributed by atoms with Gasteiger partial charge >= 0.3 is 0 Å². The zero-order valence-electron chi connectivity index (χ0n) is 19.3. The lowest BCUT2D eigenvalue weighted by Gasteiger charge is -2.30. The second-order valence-electron chi connectivity index (χ2n) is 8.80. The Morgan fingerprint density at radius 2 is 1.76 bits per heavy atom. The van der Waals surface area contributed by atoms with E-state index in [0.717, 1.165) is 24.0 Å². The van der Waals surface area contributed by atoms with Crippen LogP contribution in [-0.4, -0.2) is 34.2 Å². The van der Waals surface area contributed by atoms with Crippen LogP contribution in [0.4, 0.5) is 0 Å². The summed E-state index contributed by atoms with van der Waals surface area (Å²) in [7, 11) is 0. The molecule has 0 N–H and O–H groups in total. The van der Waals surface area contributed by atoms with Gasteiger partial charge in [0.1, 0.15) is 11.2 Å². The number of carbonyl (C=O) groups is 2. The second-order valence-corrected chi connectivity index (χ2v) is 10.3. The highest BCUT2D eigenvalue weighted by Crippen LogP contribution is 2.17. The maximum absolute atomic E-state index is 13.3. The number of rotatable bonds is 5. The monoisotopic (exact) mass is 494 g/mol. The standard InChI is InChI=1S/C27H27ClN2O3S/c1-18-7-9-20(10-8-18)15-24-27(33)30(17-25(32)29-13-11-19(2)12-14-29)26(34-24)16-23(31)21-5-3-4-6-22(21)28/h3-10,15-16,19H,11-14,17H2,1-2H3. The quantitative estimate of drug-likeness (QED) is 0.509. The smallest absolute Gasteiger partial charge is 0.269 e. The fourth-order valence-corrected chi connectivity index (χ4v) is 5.22. The first-order valence-electron chi connectivity index (χ1n) is 11.4. The van der Waals surface area contributed by atoms with Crippen molar-refractivity contribution in [2.75, 3.05) is 13.1 Å². The molecule has 0 spiro atoms. The first kappa shape index (κ1) is 24.2. The van der Waals surface area contributed by atoms with Gasteiger partial charge in [-0.25, -0.2) is 0 Å². The maximum Gasteiger partial charge on any atom is 0.269 e. The molecule has 1 aliphatic rings. The van der Waals surface area contributed by atoms with Crippen molar-refractivity contribution >= 4 is 46.8 Å². The number of carbonyl (C=O) groups excluding carboxylic acids is 2. The molecule has 1 fully saturated rings. The first-order valence-corrected chi connectivity index (χ1v) is 12.6. The molecule has 2 aromatic carbocycles. The molecule has 4 rings (SSSR count). The number of hydrogen-bond acceptors (Lipinski definition) is 4. The number of hydrogen-bond donors (Lipinski definition) is 0. The fraction of sp³-hybridized carbons (Fsp3) is 0.296. The average Bonchev–Trinajstić information content (AvgIpc) is 3.10. The van der Waals surface area contributed by atoms with Crippen molar-refractivity contribution < 1.29 is 9.59 Å². The van der Waals surface area contributed by atoms with Gasteiger partial charge in [0.15, 0.2) is 5.78 Å². The summed E-state index contributed by atoms with van der Waals surface area (Å²) in [5, 5.41) is 0.346. The van der Waals surface area contributed by atoms with Crippen LogP contribution in [0.1, 0.15) is 41.3 Å². The van der Waals surface area contributed by atoms with E-state index in [1.807, 2.05) is 36.1 Å². The molecule has 1 amide bonds. The summed E-state index contributed by atoms with van der Waals surface area (Å²) in [4.78, 5) is 41.2. The lowest BCUT2D eigenvalue weighted by Crippen LogP contribution is -2.43. The summed E-state index contributed by atoms with van der Waals surface area (Å²) in [6.45, 7) is 5.48. The van der Waals surface area contributed by atoms with Crippen molar-refractivity contribution in [2.45, 2.75) is 33.2 Å². The number of ketones is 1. The second kappa shape index (κ2) is 10.5. The molecule has 0 saturated carbocycles. The van der Waals surface area contributed by atoms with Crippen LogP contribution >= 0.6 is 22.9 Å². The number of aryl methyl sites for hydroxylation is 1. The number of aromatic nitrogens is 1. The molecule has 0 atom stereocenters. The van der Waals surface area contributed by atoms with Crippen LogP contribution in [0.25, 0.3) is 12.2 Å². The minimum absolute atomic E-state index is 0.0902. The van der Waals surface area contributed by atoms with Gasteiger partial charge < -0.3 is 4.90 Å². The van der Waals surface area contributed by atoms with Crippen LogP contribution in [0.2, 0.25) is 5.02 Å². The van der Waals surface area contributed by atoms with E-state index < -0.39 is 0 Å². The highest BCUT2D eigenvalue weighted by molar-refractivity contribution is 7.07. The SMILES string of the molecule is Cc1ccc(C=c2sc(=CC(=O)c3ccccc3Cl)n(CC(=O)N3CCC(C)CC3)c2=O)cc1. The summed E-state index contributed by atoms with van der Waals surface area (Å²) >= 11 is 7.41. The molecule has 5 nitrogen and oxygen atoms in total. The Bertz CT molecular complexity index is 1380. The van der Waals surface area contributed by atoms with Gasteiger partial charge in [-0.05, 0) is 49.5 Å². The summed E-state index contributed by atoms with van der Waals surface area (Å²) < 4.78 is 2.33. The summed E-state index contributed by atoms with van der Waals surface area (Å²) in [6.07, 6.45) is 5.13. The third-order valence-corrected chi connectivity index (χ3v) is 7.52. The molecular weight excluding hydrogens is 468 g/mol. The highest BCUT2D eigenvalue weighted by Gasteiger charge is 2.21. The van der Waals surface area contributed by atoms with Gasteiger partial charge in [-0.15, -0.1) is 11.3 Å². The highest BCUT2D eigenvalue weighted by atomic mass is 35.5. The Labute approximate surface area is 207 Å². The largest absolute Gasteiger partial charge is 0.341 e.